The van der Waals surface area contributed by atoms with Crippen molar-refractivity contribution in [3.63, 3.8) is 0 Å². The van der Waals surface area contributed by atoms with Gasteiger partial charge in [0.1, 0.15) is 0 Å². The summed E-state index contributed by atoms with van der Waals surface area (Å²) < 4.78 is 0. The van der Waals surface area contributed by atoms with E-state index in [0.717, 1.165) is 6.54 Å². The van der Waals surface area contributed by atoms with Crippen molar-refractivity contribution in [2.24, 2.45) is 5.41 Å². The van der Waals surface area contributed by atoms with Gasteiger partial charge in [-0.05, 0) is 18.3 Å². The van der Waals surface area contributed by atoms with Gasteiger partial charge in [0, 0.05) is 6.54 Å². The third kappa shape index (κ3) is 1.96. The zero-order valence-corrected chi connectivity index (χ0v) is 6.69. The molecule has 0 atom stereocenters. The second kappa shape index (κ2) is 3.35. The maximum absolute atomic E-state index is 8.53. The number of nitrogens with one attached hydrogen (secondary N) is 1. The molecule has 1 fully saturated rings. The highest BCUT2D eigenvalue weighted by Gasteiger charge is 2.25. The van der Waals surface area contributed by atoms with E-state index in [-0.39, 0.29) is 0 Å². The Morgan fingerprint density at radius 2 is 1.90 bits per heavy atom. The Hall–Kier alpha value is -0.0800. The first-order valence-corrected chi connectivity index (χ1v) is 4.14. The Morgan fingerprint density at radius 1 is 1.30 bits per heavy atom. The minimum atomic E-state index is 0.368. The van der Waals surface area contributed by atoms with E-state index in [9.17, 15) is 0 Å². The quantitative estimate of drug-likeness (QED) is 0.579. The third-order valence-corrected chi connectivity index (χ3v) is 2.57. The van der Waals surface area contributed by atoms with Crippen LogP contribution >= 0.6 is 0 Å². The molecule has 0 heterocycles. The Balaban J connectivity index is 2.32. The smallest absolute Gasteiger partial charge is 0.0261 e. The number of rotatable bonds is 2. The fraction of sp³-hybridized carbons (Fsp3) is 1.00. The molecule has 1 aliphatic rings. The number of hydroxylamine groups is 1. The summed E-state index contributed by atoms with van der Waals surface area (Å²) in [6.07, 6.45) is 6.57. The van der Waals surface area contributed by atoms with Crippen LogP contribution in [0.4, 0.5) is 0 Å². The van der Waals surface area contributed by atoms with Crippen LogP contribution in [0.15, 0.2) is 0 Å². The Labute approximate surface area is 62.6 Å². The second-order valence-corrected chi connectivity index (χ2v) is 3.71. The molecule has 2 heteroatoms. The summed E-state index contributed by atoms with van der Waals surface area (Å²) in [4.78, 5) is 0. The Kier molecular flexibility index (Phi) is 2.69. The zero-order chi connectivity index (χ0) is 7.45. The van der Waals surface area contributed by atoms with Gasteiger partial charge >= 0.3 is 0 Å². The van der Waals surface area contributed by atoms with Crippen molar-refractivity contribution in [3.05, 3.63) is 0 Å². The molecule has 2 N–H and O–H groups in total. The van der Waals surface area contributed by atoms with Crippen LogP contribution in [-0.4, -0.2) is 11.8 Å². The molecule has 0 aromatic carbocycles. The van der Waals surface area contributed by atoms with Gasteiger partial charge in [0.25, 0.3) is 0 Å². The molecule has 0 aliphatic heterocycles. The molecule has 10 heavy (non-hydrogen) atoms. The summed E-state index contributed by atoms with van der Waals surface area (Å²) in [7, 11) is 0. The third-order valence-electron chi connectivity index (χ3n) is 2.57. The molecule has 0 bridgehead atoms. The molecule has 60 valence electrons. The largest absolute Gasteiger partial charge is 0.317 e. The molecule has 0 aromatic rings. The molecule has 0 amide bonds. The fourth-order valence-electron chi connectivity index (χ4n) is 1.77. The predicted molar refractivity (Wildman–Crippen MR) is 41.0 cm³/mol. The van der Waals surface area contributed by atoms with Crippen LogP contribution in [0.3, 0.4) is 0 Å². The monoisotopic (exact) mass is 143 g/mol. The highest BCUT2D eigenvalue weighted by Crippen LogP contribution is 2.34. The molecule has 1 aliphatic carbocycles. The SMILES string of the molecule is CC1(CNO)CCCCC1. The van der Waals surface area contributed by atoms with Crippen molar-refractivity contribution in [1.82, 2.24) is 5.48 Å². The lowest BCUT2D eigenvalue weighted by molar-refractivity contribution is 0.0944. The van der Waals surface area contributed by atoms with E-state index in [2.05, 4.69) is 12.4 Å². The van der Waals surface area contributed by atoms with Crippen LogP contribution in [0.1, 0.15) is 39.0 Å². The molecule has 0 radical (unpaired) electrons. The average Bonchev–Trinajstić information content (AvgIpc) is 1.89. The van der Waals surface area contributed by atoms with Gasteiger partial charge in [0.15, 0.2) is 0 Å². The molecule has 0 saturated heterocycles. The highest BCUT2D eigenvalue weighted by molar-refractivity contribution is 4.78. The molecule has 1 rings (SSSR count). The van der Waals surface area contributed by atoms with Gasteiger partial charge in [-0.1, -0.05) is 26.2 Å². The van der Waals surface area contributed by atoms with Crippen LogP contribution in [0.5, 0.6) is 0 Å². The van der Waals surface area contributed by atoms with E-state index >= 15 is 0 Å². The first-order chi connectivity index (χ1) is 4.77. The predicted octanol–water partition coefficient (Wildman–Crippen LogP) is 1.94. The summed E-state index contributed by atoms with van der Waals surface area (Å²) in [5.74, 6) is 0. The molecular formula is C8H17NO. The molecule has 0 unspecified atom stereocenters. The summed E-state index contributed by atoms with van der Waals surface area (Å²) >= 11 is 0. The summed E-state index contributed by atoms with van der Waals surface area (Å²) in [5.41, 5.74) is 2.65. The van der Waals surface area contributed by atoms with Gasteiger partial charge < -0.3 is 5.21 Å². The first kappa shape index (κ1) is 8.02. The van der Waals surface area contributed by atoms with Crippen molar-refractivity contribution in [2.45, 2.75) is 39.0 Å². The van der Waals surface area contributed by atoms with Crippen molar-refractivity contribution >= 4 is 0 Å². The van der Waals surface area contributed by atoms with Crippen molar-refractivity contribution < 1.29 is 5.21 Å². The van der Waals surface area contributed by atoms with Gasteiger partial charge in [-0.25, -0.2) is 5.48 Å². The summed E-state index contributed by atoms with van der Waals surface area (Å²) in [5, 5.41) is 8.53. The van der Waals surface area contributed by atoms with Crippen LogP contribution in [0, 0.1) is 5.41 Å². The molecule has 1 saturated carbocycles. The number of hydrogen-bond acceptors (Lipinski definition) is 2. The van der Waals surface area contributed by atoms with Gasteiger partial charge in [-0.2, -0.15) is 0 Å². The normalized spacial score (nSPS) is 24.6. The van der Waals surface area contributed by atoms with Gasteiger partial charge in [-0.3, -0.25) is 0 Å². The first-order valence-electron chi connectivity index (χ1n) is 4.14. The minimum Gasteiger partial charge on any atom is -0.317 e. The molecule has 0 aromatic heterocycles. The van der Waals surface area contributed by atoms with Crippen LogP contribution in [-0.2, 0) is 0 Å². The van der Waals surface area contributed by atoms with Crippen LogP contribution in [0.25, 0.3) is 0 Å². The standard InChI is InChI=1S/C8H17NO/c1-8(7-9-10)5-3-2-4-6-8/h9-10H,2-7H2,1H3. The van der Waals surface area contributed by atoms with Gasteiger partial charge in [0.2, 0.25) is 0 Å². The van der Waals surface area contributed by atoms with E-state index in [4.69, 9.17) is 5.21 Å². The average molecular weight is 143 g/mol. The lowest BCUT2D eigenvalue weighted by atomic mass is 9.76. The minimum absolute atomic E-state index is 0.368. The van der Waals surface area contributed by atoms with E-state index in [1.165, 1.54) is 32.1 Å². The second-order valence-electron chi connectivity index (χ2n) is 3.71. The van der Waals surface area contributed by atoms with E-state index in [0.29, 0.717) is 5.41 Å². The van der Waals surface area contributed by atoms with Crippen molar-refractivity contribution in [1.29, 1.82) is 0 Å². The summed E-state index contributed by atoms with van der Waals surface area (Å²) in [6, 6.07) is 0. The lowest BCUT2D eigenvalue weighted by Gasteiger charge is -2.32. The molecule has 2 nitrogen and oxygen atoms in total. The maximum Gasteiger partial charge on any atom is 0.0261 e. The lowest BCUT2D eigenvalue weighted by Crippen LogP contribution is -2.31. The molecular weight excluding hydrogens is 126 g/mol. The van der Waals surface area contributed by atoms with Crippen LogP contribution < -0.4 is 5.48 Å². The van der Waals surface area contributed by atoms with Crippen LogP contribution in [0.2, 0.25) is 0 Å². The Bertz CT molecular complexity index is 91.9. The highest BCUT2D eigenvalue weighted by atomic mass is 16.5. The van der Waals surface area contributed by atoms with E-state index in [1.54, 1.807) is 0 Å². The molecule has 0 spiro atoms. The number of hydrogen-bond donors (Lipinski definition) is 2. The zero-order valence-electron chi connectivity index (χ0n) is 6.69. The van der Waals surface area contributed by atoms with Gasteiger partial charge in [0.05, 0.1) is 0 Å². The van der Waals surface area contributed by atoms with E-state index in [1.807, 2.05) is 0 Å². The topological polar surface area (TPSA) is 32.3 Å². The van der Waals surface area contributed by atoms with E-state index < -0.39 is 0 Å². The van der Waals surface area contributed by atoms with Crippen molar-refractivity contribution in [3.8, 4) is 0 Å². The maximum atomic E-state index is 8.53. The Morgan fingerprint density at radius 3 is 2.40 bits per heavy atom. The fourth-order valence-corrected chi connectivity index (χ4v) is 1.77. The van der Waals surface area contributed by atoms with Gasteiger partial charge in [-0.15, -0.1) is 0 Å². The van der Waals surface area contributed by atoms with Crippen molar-refractivity contribution in [2.75, 3.05) is 6.54 Å². The summed E-state index contributed by atoms with van der Waals surface area (Å²) in [6.45, 7) is 3.00.